The van der Waals surface area contributed by atoms with Gasteiger partial charge in [-0.05, 0) is 47.0 Å². The Morgan fingerprint density at radius 3 is 2.94 bits per heavy atom. The van der Waals surface area contributed by atoms with Crippen molar-refractivity contribution in [1.29, 1.82) is 0 Å². The SMILES string of the molecule is CCC(C)(O)CNCc1cc(Br)c2c(c1)OCO2. The Morgan fingerprint density at radius 2 is 2.22 bits per heavy atom. The molecule has 0 bridgehead atoms. The van der Waals surface area contributed by atoms with Crippen molar-refractivity contribution in [2.45, 2.75) is 32.4 Å². The summed E-state index contributed by atoms with van der Waals surface area (Å²) in [5, 5.41) is 13.1. The summed E-state index contributed by atoms with van der Waals surface area (Å²) >= 11 is 3.46. The van der Waals surface area contributed by atoms with Crippen LogP contribution >= 0.6 is 15.9 Å². The zero-order valence-corrected chi connectivity index (χ0v) is 12.2. The molecule has 0 saturated heterocycles. The van der Waals surface area contributed by atoms with Gasteiger partial charge in [-0.2, -0.15) is 0 Å². The predicted molar refractivity (Wildman–Crippen MR) is 72.9 cm³/mol. The van der Waals surface area contributed by atoms with E-state index in [1.807, 2.05) is 26.0 Å². The van der Waals surface area contributed by atoms with Crippen LogP contribution in [-0.2, 0) is 6.54 Å². The molecule has 18 heavy (non-hydrogen) atoms. The standard InChI is InChI=1S/C13H18BrNO3/c1-3-13(2,16)7-15-6-9-4-10(14)12-11(5-9)17-8-18-12/h4-5,15-16H,3,6-8H2,1-2H3. The highest BCUT2D eigenvalue weighted by Gasteiger charge is 2.19. The van der Waals surface area contributed by atoms with E-state index in [1.165, 1.54) is 0 Å². The largest absolute Gasteiger partial charge is 0.454 e. The lowest BCUT2D eigenvalue weighted by Crippen LogP contribution is -2.36. The second-order valence-electron chi connectivity index (χ2n) is 4.77. The van der Waals surface area contributed by atoms with Crippen molar-refractivity contribution in [2.24, 2.45) is 0 Å². The molecule has 1 unspecified atom stereocenters. The second kappa shape index (κ2) is 5.47. The van der Waals surface area contributed by atoms with Gasteiger partial charge in [-0.25, -0.2) is 0 Å². The molecule has 0 aromatic heterocycles. The van der Waals surface area contributed by atoms with E-state index in [-0.39, 0.29) is 6.79 Å². The fourth-order valence-electron chi connectivity index (χ4n) is 1.72. The third-order valence-electron chi connectivity index (χ3n) is 3.08. The van der Waals surface area contributed by atoms with Crippen molar-refractivity contribution in [1.82, 2.24) is 5.32 Å². The molecule has 1 aromatic carbocycles. The monoisotopic (exact) mass is 315 g/mol. The van der Waals surface area contributed by atoms with Crippen molar-refractivity contribution < 1.29 is 14.6 Å². The van der Waals surface area contributed by atoms with Gasteiger partial charge in [0.25, 0.3) is 0 Å². The average molecular weight is 316 g/mol. The van der Waals surface area contributed by atoms with Crippen LogP contribution < -0.4 is 14.8 Å². The van der Waals surface area contributed by atoms with Crippen LogP contribution in [0.2, 0.25) is 0 Å². The third-order valence-corrected chi connectivity index (χ3v) is 3.67. The summed E-state index contributed by atoms with van der Waals surface area (Å²) in [6.07, 6.45) is 0.727. The number of ether oxygens (including phenoxy) is 2. The Bertz CT molecular complexity index is 434. The molecule has 0 fully saturated rings. The van der Waals surface area contributed by atoms with E-state index in [2.05, 4.69) is 21.2 Å². The van der Waals surface area contributed by atoms with Gasteiger partial charge in [-0.1, -0.05) is 6.92 Å². The molecular weight excluding hydrogens is 298 g/mol. The van der Waals surface area contributed by atoms with E-state index in [1.54, 1.807) is 0 Å². The Balaban J connectivity index is 1.97. The van der Waals surface area contributed by atoms with Crippen LogP contribution in [0.3, 0.4) is 0 Å². The molecular formula is C13H18BrNO3. The van der Waals surface area contributed by atoms with E-state index < -0.39 is 5.60 Å². The predicted octanol–water partition coefficient (Wildman–Crippen LogP) is 2.43. The first-order valence-corrected chi connectivity index (χ1v) is 6.82. The van der Waals surface area contributed by atoms with Crippen LogP contribution in [0.4, 0.5) is 0 Å². The Hall–Kier alpha value is -0.780. The van der Waals surface area contributed by atoms with Crippen molar-refractivity contribution >= 4 is 15.9 Å². The molecule has 0 spiro atoms. The first-order chi connectivity index (χ1) is 8.52. The highest BCUT2D eigenvalue weighted by molar-refractivity contribution is 9.10. The molecule has 0 radical (unpaired) electrons. The van der Waals surface area contributed by atoms with Gasteiger partial charge in [0.05, 0.1) is 10.1 Å². The van der Waals surface area contributed by atoms with Crippen molar-refractivity contribution in [2.75, 3.05) is 13.3 Å². The lowest BCUT2D eigenvalue weighted by molar-refractivity contribution is 0.0555. The molecule has 1 atom stereocenters. The first-order valence-electron chi connectivity index (χ1n) is 6.03. The zero-order chi connectivity index (χ0) is 13.2. The number of aliphatic hydroxyl groups is 1. The first kappa shape index (κ1) is 13.6. The topological polar surface area (TPSA) is 50.7 Å². The van der Waals surface area contributed by atoms with Crippen LogP contribution in [0.15, 0.2) is 16.6 Å². The molecule has 2 rings (SSSR count). The Kier molecular flexibility index (Phi) is 4.14. The number of hydrogen-bond acceptors (Lipinski definition) is 4. The quantitative estimate of drug-likeness (QED) is 0.876. The smallest absolute Gasteiger partial charge is 0.231 e. The van der Waals surface area contributed by atoms with E-state index in [0.29, 0.717) is 13.1 Å². The molecule has 0 amide bonds. The molecule has 5 heteroatoms. The molecule has 0 saturated carbocycles. The van der Waals surface area contributed by atoms with Gasteiger partial charge in [0.15, 0.2) is 11.5 Å². The minimum atomic E-state index is -0.659. The highest BCUT2D eigenvalue weighted by Crippen LogP contribution is 2.39. The fraction of sp³-hybridized carbons (Fsp3) is 0.538. The van der Waals surface area contributed by atoms with Crippen LogP contribution in [0.5, 0.6) is 11.5 Å². The molecule has 1 heterocycles. The van der Waals surface area contributed by atoms with Gasteiger partial charge in [0.2, 0.25) is 6.79 Å². The van der Waals surface area contributed by atoms with Crippen LogP contribution in [0, 0.1) is 0 Å². The molecule has 1 aromatic rings. The van der Waals surface area contributed by atoms with Gasteiger partial charge < -0.3 is 19.9 Å². The normalized spacial score (nSPS) is 16.7. The molecule has 100 valence electrons. The fourth-order valence-corrected chi connectivity index (χ4v) is 2.33. The highest BCUT2D eigenvalue weighted by atomic mass is 79.9. The van der Waals surface area contributed by atoms with Gasteiger partial charge >= 0.3 is 0 Å². The number of fused-ring (bicyclic) bond motifs is 1. The summed E-state index contributed by atoms with van der Waals surface area (Å²) in [5.41, 5.74) is 0.436. The van der Waals surface area contributed by atoms with Gasteiger partial charge in [0.1, 0.15) is 0 Å². The van der Waals surface area contributed by atoms with Crippen molar-refractivity contribution in [3.8, 4) is 11.5 Å². The Labute approximate surface area is 115 Å². The second-order valence-corrected chi connectivity index (χ2v) is 5.62. The number of hydrogen-bond donors (Lipinski definition) is 2. The maximum atomic E-state index is 9.89. The maximum Gasteiger partial charge on any atom is 0.231 e. The van der Waals surface area contributed by atoms with Crippen molar-refractivity contribution in [3.63, 3.8) is 0 Å². The van der Waals surface area contributed by atoms with Crippen LogP contribution in [0.1, 0.15) is 25.8 Å². The summed E-state index contributed by atoms with van der Waals surface area (Å²) in [5.74, 6) is 1.53. The van der Waals surface area contributed by atoms with Crippen molar-refractivity contribution in [3.05, 3.63) is 22.2 Å². The molecule has 4 nitrogen and oxygen atoms in total. The third kappa shape index (κ3) is 3.16. The van der Waals surface area contributed by atoms with E-state index in [0.717, 1.165) is 28.0 Å². The summed E-state index contributed by atoms with van der Waals surface area (Å²) in [4.78, 5) is 0. The molecule has 1 aliphatic heterocycles. The zero-order valence-electron chi connectivity index (χ0n) is 10.6. The van der Waals surface area contributed by atoms with Gasteiger partial charge in [-0.15, -0.1) is 0 Å². The summed E-state index contributed by atoms with van der Waals surface area (Å²) in [6.45, 7) is 5.32. The van der Waals surface area contributed by atoms with Crippen LogP contribution in [-0.4, -0.2) is 24.0 Å². The maximum absolute atomic E-state index is 9.89. The minimum Gasteiger partial charge on any atom is -0.454 e. The van der Waals surface area contributed by atoms with Crippen LogP contribution in [0.25, 0.3) is 0 Å². The number of rotatable bonds is 5. The van der Waals surface area contributed by atoms with Gasteiger partial charge in [0, 0.05) is 13.1 Å². The Morgan fingerprint density at radius 1 is 1.44 bits per heavy atom. The summed E-state index contributed by atoms with van der Waals surface area (Å²) in [6, 6.07) is 3.96. The number of nitrogens with one attached hydrogen (secondary N) is 1. The number of halogens is 1. The minimum absolute atomic E-state index is 0.273. The van der Waals surface area contributed by atoms with E-state index in [4.69, 9.17) is 9.47 Å². The molecule has 0 aliphatic carbocycles. The van der Waals surface area contributed by atoms with E-state index >= 15 is 0 Å². The molecule has 2 N–H and O–H groups in total. The summed E-state index contributed by atoms with van der Waals surface area (Å²) < 4.78 is 11.6. The lowest BCUT2D eigenvalue weighted by Gasteiger charge is -2.21. The number of benzene rings is 1. The average Bonchev–Trinajstić information content (AvgIpc) is 2.77. The van der Waals surface area contributed by atoms with Gasteiger partial charge in [-0.3, -0.25) is 0 Å². The summed E-state index contributed by atoms with van der Waals surface area (Å²) in [7, 11) is 0. The van der Waals surface area contributed by atoms with E-state index in [9.17, 15) is 5.11 Å². The molecule has 1 aliphatic rings. The lowest BCUT2D eigenvalue weighted by atomic mass is 10.0.